The third-order valence-electron chi connectivity index (χ3n) is 6.85. The summed E-state index contributed by atoms with van der Waals surface area (Å²) in [5.41, 5.74) is 11.1. The van der Waals surface area contributed by atoms with Gasteiger partial charge in [-0.05, 0) is 73.6 Å². The Morgan fingerprint density at radius 3 is 2.15 bits per heavy atom. The third-order valence-corrected chi connectivity index (χ3v) is 6.85. The number of nitrogens with zero attached hydrogens (tertiary/aromatic N) is 2. The van der Waals surface area contributed by atoms with Crippen LogP contribution in [0.4, 0.5) is 5.69 Å². The Hall–Kier alpha value is -1.84. The highest BCUT2D eigenvalue weighted by molar-refractivity contribution is 5.66. The van der Waals surface area contributed by atoms with Crippen LogP contribution in [0.25, 0.3) is 0 Å². The maximum atomic E-state index is 10.7. The predicted molar refractivity (Wildman–Crippen MR) is 108 cm³/mol. The molecule has 26 heavy (non-hydrogen) atoms. The Kier molecular flexibility index (Phi) is 4.32. The molecule has 1 N–H and O–H groups in total. The fourth-order valence-electron chi connectivity index (χ4n) is 4.97. The van der Waals surface area contributed by atoms with E-state index >= 15 is 0 Å². The van der Waals surface area contributed by atoms with E-state index in [-0.39, 0.29) is 12.1 Å². The second-order valence-electron chi connectivity index (χ2n) is 8.11. The summed E-state index contributed by atoms with van der Waals surface area (Å²) in [5, 5.41) is 10.7. The lowest BCUT2D eigenvalue weighted by Gasteiger charge is -2.30. The third kappa shape index (κ3) is 2.57. The van der Waals surface area contributed by atoms with Crippen molar-refractivity contribution in [1.29, 1.82) is 0 Å². The van der Waals surface area contributed by atoms with Crippen molar-refractivity contribution in [3.05, 3.63) is 63.2 Å². The van der Waals surface area contributed by atoms with Crippen molar-refractivity contribution in [3.8, 4) is 0 Å². The van der Waals surface area contributed by atoms with Gasteiger partial charge < -0.3 is 10.0 Å². The molecule has 2 aromatic carbocycles. The van der Waals surface area contributed by atoms with Crippen LogP contribution in [0.5, 0.6) is 0 Å². The van der Waals surface area contributed by atoms with Crippen molar-refractivity contribution >= 4 is 5.69 Å². The van der Waals surface area contributed by atoms with Gasteiger partial charge in [0.25, 0.3) is 0 Å². The summed E-state index contributed by atoms with van der Waals surface area (Å²) in [6.45, 7) is 14.1. The van der Waals surface area contributed by atoms with E-state index in [1.165, 1.54) is 44.6 Å². The summed E-state index contributed by atoms with van der Waals surface area (Å²) in [4.78, 5) is 4.97. The van der Waals surface area contributed by atoms with Gasteiger partial charge in [-0.25, -0.2) is 0 Å². The van der Waals surface area contributed by atoms with Crippen molar-refractivity contribution in [1.82, 2.24) is 4.90 Å². The van der Waals surface area contributed by atoms with Crippen LogP contribution < -0.4 is 4.90 Å². The van der Waals surface area contributed by atoms with Gasteiger partial charge in [-0.1, -0.05) is 24.3 Å². The van der Waals surface area contributed by atoms with Crippen LogP contribution in [0.2, 0.25) is 0 Å². The minimum absolute atomic E-state index is 0.129. The maximum absolute atomic E-state index is 10.7. The van der Waals surface area contributed by atoms with Gasteiger partial charge in [-0.15, -0.1) is 0 Å². The zero-order chi connectivity index (χ0) is 18.6. The molecule has 0 spiro atoms. The number of fused-ring (bicyclic) bond motifs is 1. The average Bonchev–Trinajstić information content (AvgIpc) is 3.21. The van der Waals surface area contributed by atoms with Gasteiger partial charge in [-0.2, -0.15) is 0 Å². The van der Waals surface area contributed by atoms with E-state index in [0.717, 1.165) is 26.2 Å². The molecule has 3 nitrogen and oxygen atoms in total. The Balaban J connectivity index is 1.65. The minimum atomic E-state index is -0.295. The molecule has 0 radical (unpaired) electrons. The summed E-state index contributed by atoms with van der Waals surface area (Å²) in [7, 11) is 0. The van der Waals surface area contributed by atoms with Crippen LogP contribution in [0, 0.1) is 34.6 Å². The fraction of sp³-hybridized carbons (Fsp3) is 0.478. The summed E-state index contributed by atoms with van der Waals surface area (Å²) in [6, 6.07) is 8.65. The SMILES string of the molecule is Cc1c(C)c(C)c(N2CCN([C@H]3c4ccccc4C[C@@H]3O)C2)c(C)c1C. The average molecular weight is 351 g/mol. The molecule has 2 aliphatic rings. The number of hydrogen-bond donors (Lipinski definition) is 1. The van der Waals surface area contributed by atoms with Gasteiger partial charge in [0.1, 0.15) is 0 Å². The van der Waals surface area contributed by atoms with Crippen LogP contribution in [-0.4, -0.2) is 35.9 Å². The Bertz CT molecular complexity index is 829. The quantitative estimate of drug-likeness (QED) is 0.888. The first-order valence-electron chi connectivity index (χ1n) is 9.72. The van der Waals surface area contributed by atoms with Gasteiger partial charge in [-0.3, -0.25) is 4.90 Å². The normalized spacial score (nSPS) is 22.9. The number of rotatable bonds is 2. The highest BCUT2D eigenvalue weighted by atomic mass is 16.3. The second kappa shape index (κ2) is 6.40. The lowest BCUT2D eigenvalue weighted by molar-refractivity contribution is 0.0760. The van der Waals surface area contributed by atoms with Crippen LogP contribution in [-0.2, 0) is 6.42 Å². The molecule has 138 valence electrons. The maximum Gasteiger partial charge on any atom is 0.0778 e. The molecule has 0 unspecified atom stereocenters. The van der Waals surface area contributed by atoms with Crippen LogP contribution in [0.15, 0.2) is 24.3 Å². The number of hydrogen-bond acceptors (Lipinski definition) is 3. The van der Waals surface area contributed by atoms with Gasteiger partial charge in [0.05, 0.1) is 18.8 Å². The van der Waals surface area contributed by atoms with E-state index in [1.807, 2.05) is 0 Å². The van der Waals surface area contributed by atoms with Crippen molar-refractivity contribution in [3.63, 3.8) is 0 Å². The van der Waals surface area contributed by atoms with E-state index in [4.69, 9.17) is 0 Å². The van der Waals surface area contributed by atoms with E-state index in [1.54, 1.807) is 0 Å². The van der Waals surface area contributed by atoms with E-state index in [0.29, 0.717) is 0 Å². The summed E-state index contributed by atoms with van der Waals surface area (Å²) in [5.74, 6) is 0. The number of anilines is 1. The monoisotopic (exact) mass is 350 g/mol. The Morgan fingerprint density at radius 1 is 0.846 bits per heavy atom. The van der Waals surface area contributed by atoms with E-state index in [2.05, 4.69) is 68.7 Å². The second-order valence-corrected chi connectivity index (χ2v) is 8.11. The highest BCUT2D eigenvalue weighted by Gasteiger charge is 2.38. The Morgan fingerprint density at radius 2 is 1.46 bits per heavy atom. The molecule has 2 aromatic rings. The number of aliphatic hydroxyl groups excluding tert-OH is 1. The standard InChI is InChI=1S/C23H30N2O/c1-14-15(2)17(4)22(18(5)16(14)3)24-10-11-25(13-24)23-20-9-7-6-8-19(20)12-21(23)26/h6-9,21,23,26H,10-13H2,1-5H3/t21-,23-/m0/s1. The van der Waals surface area contributed by atoms with Crippen LogP contribution >= 0.6 is 0 Å². The summed E-state index contributed by atoms with van der Waals surface area (Å²) in [6.07, 6.45) is 0.481. The van der Waals surface area contributed by atoms with Gasteiger partial charge in [0, 0.05) is 25.2 Å². The van der Waals surface area contributed by atoms with Crippen LogP contribution in [0.1, 0.15) is 45.0 Å². The van der Waals surface area contributed by atoms with Gasteiger partial charge >= 0.3 is 0 Å². The molecule has 0 amide bonds. The molecule has 4 rings (SSSR count). The molecule has 1 fully saturated rings. The zero-order valence-electron chi connectivity index (χ0n) is 16.6. The Labute approximate surface area is 157 Å². The molecule has 1 heterocycles. The van der Waals surface area contributed by atoms with Crippen molar-refractivity contribution in [2.45, 2.75) is 53.2 Å². The molecule has 1 aliphatic carbocycles. The van der Waals surface area contributed by atoms with Crippen LogP contribution in [0.3, 0.4) is 0 Å². The number of aliphatic hydroxyl groups is 1. The van der Waals surface area contributed by atoms with Crippen molar-refractivity contribution in [2.75, 3.05) is 24.7 Å². The van der Waals surface area contributed by atoms with Crippen molar-refractivity contribution in [2.24, 2.45) is 0 Å². The molecule has 1 saturated heterocycles. The molecular formula is C23H30N2O. The van der Waals surface area contributed by atoms with Gasteiger partial charge in [0.15, 0.2) is 0 Å². The van der Waals surface area contributed by atoms with Gasteiger partial charge in [0.2, 0.25) is 0 Å². The lowest BCUT2D eigenvalue weighted by Crippen LogP contribution is -2.34. The first-order chi connectivity index (χ1) is 12.4. The first kappa shape index (κ1) is 17.6. The molecule has 2 atom stereocenters. The molecule has 3 heteroatoms. The largest absolute Gasteiger partial charge is 0.391 e. The topological polar surface area (TPSA) is 26.7 Å². The molecule has 0 bridgehead atoms. The molecule has 0 aromatic heterocycles. The molecular weight excluding hydrogens is 320 g/mol. The predicted octanol–water partition coefficient (Wildman–Crippen LogP) is 3.97. The number of benzene rings is 2. The highest BCUT2D eigenvalue weighted by Crippen LogP contribution is 2.39. The molecule has 1 aliphatic heterocycles. The summed E-state index contributed by atoms with van der Waals surface area (Å²) < 4.78 is 0. The first-order valence-corrected chi connectivity index (χ1v) is 9.72. The zero-order valence-corrected chi connectivity index (χ0v) is 16.6. The minimum Gasteiger partial charge on any atom is -0.391 e. The van der Waals surface area contributed by atoms with Crippen molar-refractivity contribution < 1.29 is 5.11 Å². The lowest BCUT2D eigenvalue weighted by atomic mass is 9.92. The fourth-order valence-corrected chi connectivity index (χ4v) is 4.97. The molecule has 0 saturated carbocycles. The van der Waals surface area contributed by atoms with E-state index < -0.39 is 0 Å². The smallest absolute Gasteiger partial charge is 0.0778 e. The van der Waals surface area contributed by atoms with E-state index in [9.17, 15) is 5.11 Å². The summed E-state index contributed by atoms with van der Waals surface area (Å²) >= 11 is 0.